The minimum absolute atomic E-state index is 0.0947. The monoisotopic (exact) mass is 198 g/mol. The standard InChI is InChI=1S/C9H10OS2/c1-7(10)8-4-3-5-9(6-8)12(2)11/h3-6H,1-2H3. The molecule has 64 valence electrons. The van der Waals surface area contributed by atoms with Crippen molar-refractivity contribution in [3.63, 3.8) is 0 Å². The van der Waals surface area contributed by atoms with E-state index < -0.39 is 0 Å². The molecule has 0 amide bonds. The van der Waals surface area contributed by atoms with Crippen LogP contribution >= 0.6 is 0 Å². The van der Waals surface area contributed by atoms with Gasteiger partial charge < -0.3 is 0 Å². The first-order valence-electron chi connectivity index (χ1n) is 3.55. The summed E-state index contributed by atoms with van der Waals surface area (Å²) >= 11 is 5.11. The first-order valence-corrected chi connectivity index (χ1v) is 6.11. The maximum absolute atomic E-state index is 11.0. The van der Waals surface area contributed by atoms with E-state index in [1.165, 1.54) is 0 Å². The Kier molecular flexibility index (Phi) is 3.12. The Balaban J connectivity index is 3.12. The van der Waals surface area contributed by atoms with Crippen molar-refractivity contribution in [3.8, 4) is 0 Å². The van der Waals surface area contributed by atoms with Crippen LogP contribution in [0.4, 0.5) is 0 Å². The molecule has 1 aromatic carbocycles. The number of rotatable bonds is 2. The third kappa shape index (κ3) is 2.22. The largest absolute Gasteiger partial charge is 0.295 e. The van der Waals surface area contributed by atoms with Crippen LogP contribution in [-0.2, 0) is 20.6 Å². The highest BCUT2D eigenvalue weighted by atomic mass is 32.8. The van der Waals surface area contributed by atoms with E-state index in [2.05, 4.69) is 0 Å². The van der Waals surface area contributed by atoms with E-state index in [4.69, 9.17) is 11.2 Å². The van der Waals surface area contributed by atoms with Crippen molar-refractivity contribution in [2.24, 2.45) is 0 Å². The molecule has 1 atom stereocenters. The lowest BCUT2D eigenvalue weighted by Gasteiger charge is -2.00. The molecule has 0 aliphatic rings. The van der Waals surface area contributed by atoms with Crippen LogP contribution in [0.3, 0.4) is 0 Å². The summed E-state index contributed by atoms with van der Waals surface area (Å²) in [5, 5.41) is 0. The van der Waals surface area contributed by atoms with Gasteiger partial charge in [0, 0.05) is 10.5 Å². The molecule has 1 nitrogen and oxygen atoms in total. The Morgan fingerprint density at radius 3 is 2.67 bits per heavy atom. The van der Waals surface area contributed by atoms with Gasteiger partial charge in [-0.2, -0.15) is 0 Å². The third-order valence-electron chi connectivity index (χ3n) is 1.57. The quantitative estimate of drug-likeness (QED) is 0.676. The van der Waals surface area contributed by atoms with Crippen LogP contribution in [0.2, 0.25) is 0 Å². The zero-order chi connectivity index (χ0) is 9.14. The van der Waals surface area contributed by atoms with E-state index >= 15 is 0 Å². The van der Waals surface area contributed by atoms with Crippen LogP contribution in [0.1, 0.15) is 17.3 Å². The van der Waals surface area contributed by atoms with Crippen LogP contribution in [0.5, 0.6) is 0 Å². The van der Waals surface area contributed by atoms with Crippen LogP contribution in [0.15, 0.2) is 29.2 Å². The van der Waals surface area contributed by atoms with Crippen molar-refractivity contribution in [1.82, 2.24) is 0 Å². The number of carbonyl (C=O) groups excluding carboxylic acids is 1. The molecule has 0 aromatic heterocycles. The lowest BCUT2D eigenvalue weighted by Crippen LogP contribution is -1.94. The van der Waals surface area contributed by atoms with Crippen LogP contribution < -0.4 is 0 Å². The normalized spacial score (nSPS) is 12.5. The van der Waals surface area contributed by atoms with E-state index in [9.17, 15) is 4.79 Å². The molecule has 1 aromatic rings. The average Bonchev–Trinajstić information content (AvgIpc) is 2.04. The van der Waals surface area contributed by atoms with Crippen molar-refractivity contribution < 1.29 is 4.79 Å². The molecule has 0 fully saturated rings. The maximum atomic E-state index is 11.0. The third-order valence-corrected chi connectivity index (χ3v) is 3.07. The van der Waals surface area contributed by atoms with Gasteiger partial charge in [-0.3, -0.25) is 4.79 Å². The van der Waals surface area contributed by atoms with Gasteiger partial charge >= 0.3 is 0 Å². The molecule has 0 N–H and O–H groups in total. The lowest BCUT2D eigenvalue weighted by molar-refractivity contribution is 0.101. The van der Waals surface area contributed by atoms with Gasteiger partial charge in [-0.15, -0.1) is 0 Å². The number of hydrogen-bond acceptors (Lipinski definition) is 2. The molecular weight excluding hydrogens is 188 g/mol. The van der Waals surface area contributed by atoms with E-state index in [1.54, 1.807) is 6.92 Å². The Morgan fingerprint density at radius 1 is 1.50 bits per heavy atom. The molecule has 1 unspecified atom stereocenters. The molecule has 0 saturated heterocycles. The molecule has 12 heavy (non-hydrogen) atoms. The van der Waals surface area contributed by atoms with Gasteiger partial charge in [0.25, 0.3) is 0 Å². The summed E-state index contributed by atoms with van der Waals surface area (Å²) in [4.78, 5) is 12.1. The smallest absolute Gasteiger partial charge is 0.159 e. The molecule has 0 aliphatic heterocycles. The number of carbonyl (C=O) groups is 1. The summed E-state index contributed by atoms with van der Waals surface area (Å²) in [5.41, 5.74) is 0.747. The van der Waals surface area contributed by atoms with Gasteiger partial charge in [0.1, 0.15) is 0 Å². The van der Waals surface area contributed by atoms with E-state index in [0.29, 0.717) is 0 Å². The van der Waals surface area contributed by atoms with Crippen LogP contribution in [0.25, 0.3) is 0 Å². The average molecular weight is 198 g/mol. The minimum atomic E-state index is -0.175. The van der Waals surface area contributed by atoms with E-state index in [-0.39, 0.29) is 15.2 Å². The fourth-order valence-electron chi connectivity index (χ4n) is 0.894. The molecule has 3 heteroatoms. The molecule has 0 heterocycles. The number of Topliss-reactive ketones (excluding diaryl/α,β-unsaturated/α-hetero) is 1. The molecule has 0 bridgehead atoms. The zero-order valence-electron chi connectivity index (χ0n) is 7.03. The van der Waals surface area contributed by atoms with Gasteiger partial charge in [0.15, 0.2) is 5.78 Å². The Bertz CT molecular complexity index is 302. The van der Waals surface area contributed by atoms with Crippen LogP contribution in [0, 0.1) is 0 Å². The Labute approximate surface area is 79.4 Å². The highest BCUT2D eigenvalue weighted by molar-refractivity contribution is 8.28. The first-order chi connectivity index (χ1) is 5.61. The first kappa shape index (κ1) is 9.55. The van der Waals surface area contributed by atoms with Gasteiger partial charge in [0.05, 0.1) is 0 Å². The van der Waals surface area contributed by atoms with Gasteiger partial charge in [-0.05, 0) is 36.5 Å². The second kappa shape index (κ2) is 3.92. The zero-order valence-corrected chi connectivity index (χ0v) is 8.67. The van der Waals surface area contributed by atoms with E-state index in [1.807, 2.05) is 30.5 Å². The topological polar surface area (TPSA) is 17.1 Å². The summed E-state index contributed by atoms with van der Waals surface area (Å²) in [6.45, 7) is 1.57. The predicted molar refractivity (Wildman–Crippen MR) is 55.4 cm³/mol. The SMILES string of the molecule is CC(=O)c1cccc(S(C)=S)c1. The van der Waals surface area contributed by atoms with Gasteiger partial charge in [-0.25, -0.2) is 0 Å². The number of hydrogen-bond donors (Lipinski definition) is 0. The number of benzene rings is 1. The van der Waals surface area contributed by atoms with Crippen LogP contribution in [-0.4, -0.2) is 12.0 Å². The van der Waals surface area contributed by atoms with Crippen molar-refractivity contribution in [2.45, 2.75) is 11.8 Å². The van der Waals surface area contributed by atoms with Crippen molar-refractivity contribution in [1.29, 1.82) is 0 Å². The molecule has 0 aliphatic carbocycles. The Hall–Kier alpha value is -0.540. The minimum Gasteiger partial charge on any atom is -0.295 e. The molecule has 0 saturated carbocycles. The number of ketones is 1. The summed E-state index contributed by atoms with van der Waals surface area (Å²) in [5.74, 6) is 0.0947. The second-order valence-corrected chi connectivity index (χ2v) is 5.42. The lowest BCUT2D eigenvalue weighted by atomic mass is 10.2. The molecule has 1 rings (SSSR count). The summed E-state index contributed by atoms with van der Waals surface area (Å²) < 4.78 is 0. The van der Waals surface area contributed by atoms with Gasteiger partial charge in [0.2, 0.25) is 0 Å². The second-order valence-electron chi connectivity index (χ2n) is 2.54. The summed E-state index contributed by atoms with van der Waals surface area (Å²) in [7, 11) is -0.175. The fourth-order valence-corrected chi connectivity index (χ4v) is 1.77. The van der Waals surface area contributed by atoms with Crippen molar-refractivity contribution in [2.75, 3.05) is 6.26 Å². The van der Waals surface area contributed by atoms with Crippen molar-refractivity contribution in [3.05, 3.63) is 29.8 Å². The molecule has 0 spiro atoms. The summed E-state index contributed by atoms with van der Waals surface area (Å²) in [6, 6.07) is 7.52. The fraction of sp³-hybridized carbons (Fsp3) is 0.222. The molecular formula is C9H10OS2. The van der Waals surface area contributed by atoms with Gasteiger partial charge in [-0.1, -0.05) is 21.6 Å². The predicted octanol–water partition coefficient (Wildman–Crippen LogP) is 1.96. The highest BCUT2D eigenvalue weighted by Crippen LogP contribution is 2.08. The maximum Gasteiger partial charge on any atom is 0.159 e. The summed E-state index contributed by atoms with van der Waals surface area (Å²) in [6.07, 6.45) is 1.97. The highest BCUT2D eigenvalue weighted by Gasteiger charge is 2.00. The Morgan fingerprint density at radius 2 is 2.17 bits per heavy atom. The van der Waals surface area contributed by atoms with Crippen molar-refractivity contribution >= 4 is 26.4 Å². The molecule has 0 radical (unpaired) electrons. The van der Waals surface area contributed by atoms with E-state index in [0.717, 1.165) is 10.5 Å².